The van der Waals surface area contributed by atoms with Crippen molar-refractivity contribution in [3.05, 3.63) is 122 Å². The summed E-state index contributed by atoms with van der Waals surface area (Å²) in [4.78, 5) is 38.1. The van der Waals surface area contributed by atoms with Gasteiger partial charge in [0.1, 0.15) is 13.2 Å². The maximum Gasteiger partial charge on any atom is 0.306 e. The molecule has 0 fully saturated rings. The summed E-state index contributed by atoms with van der Waals surface area (Å²) in [7, 11) is 0. The second-order valence-electron chi connectivity index (χ2n) is 18.8. The number of esters is 3. The predicted molar refractivity (Wildman–Crippen MR) is 306 cm³/mol. The highest BCUT2D eigenvalue weighted by Gasteiger charge is 2.19. The van der Waals surface area contributed by atoms with Crippen LogP contribution in [-0.2, 0) is 28.6 Å². The Balaban J connectivity index is 4.59. The Morgan fingerprint density at radius 2 is 0.592 bits per heavy atom. The van der Waals surface area contributed by atoms with Crippen LogP contribution in [0, 0.1) is 0 Å². The molecule has 0 bridgehead atoms. The minimum absolute atomic E-state index is 0.132. The van der Waals surface area contributed by atoms with E-state index in [2.05, 4.69) is 130 Å². The van der Waals surface area contributed by atoms with Gasteiger partial charge in [-0.15, -0.1) is 0 Å². The summed E-state index contributed by atoms with van der Waals surface area (Å²) in [5.74, 6) is -1.07. The molecular formula is C65H106O6. The van der Waals surface area contributed by atoms with Crippen LogP contribution in [0.15, 0.2) is 122 Å². The molecule has 0 aliphatic rings. The van der Waals surface area contributed by atoms with Crippen molar-refractivity contribution in [3.8, 4) is 0 Å². The fraction of sp³-hybridized carbons (Fsp3) is 0.646. The number of hydrogen-bond acceptors (Lipinski definition) is 6. The first-order valence-corrected chi connectivity index (χ1v) is 29.0. The molecule has 402 valence electrons. The summed E-state index contributed by atoms with van der Waals surface area (Å²) in [6, 6.07) is 0. The lowest BCUT2D eigenvalue weighted by atomic mass is 10.1. The van der Waals surface area contributed by atoms with Crippen LogP contribution in [0.2, 0.25) is 0 Å². The number of hydrogen-bond donors (Lipinski definition) is 0. The Kier molecular flexibility index (Phi) is 54.9. The smallest absolute Gasteiger partial charge is 0.306 e. The molecule has 0 radical (unpaired) electrons. The Morgan fingerprint density at radius 3 is 1.00 bits per heavy atom. The zero-order valence-electron chi connectivity index (χ0n) is 45.9. The van der Waals surface area contributed by atoms with Crippen LogP contribution >= 0.6 is 0 Å². The second-order valence-corrected chi connectivity index (χ2v) is 18.8. The molecule has 0 amide bonds. The van der Waals surface area contributed by atoms with Gasteiger partial charge in [0.15, 0.2) is 6.10 Å². The van der Waals surface area contributed by atoms with E-state index >= 15 is 0 Å². The fourth-order valence-corrected chi connectivity index (χ4v) is 7.60. The van der Waals surface area contributed by atoms with Crippen molar-refractivity contribution in [2.75, 3.05) is 13.2 Å². The standard InChI is InChI=1S/C65H106O6/c1-4-7-10-13-16-19-22-25-28-31-32-35-37-40-43-46-49-52-55-58-64(67)70-61-62(71-65(68)59-56-53-50-47-44-41-38-34-30-27-24-21-18-15-12-9-6-3)60-69-63(66)57-54-51-48-45-42-39-36-33-29-26-23-20-17-14-11-8-5-2/h7,10,16,19,25-30,32,35-36,39-40,43,45,48-49,52,62H,4-6,8-9,11-15,17-18,20-24,31,33-34,37-38,41-42,44,46-47,50-51,53-61H2,1-3H3/b10-7-,19-16-,28-25-,29-26-,30-27-,35-32-,39-36-,43-40-,48-45-,52-49-/t62-/m0/s1. The highest BCUT2D eigenvalue weighted by atomic mass is 16.6. The third-order valence-electron chi connectivity index (χ3n) is 11.9. The van der Waals surface area contributed by atoms with E-state index < -0.39 is 6.10 Å². The third-order valence-corrected chi connectivity index (χ3v) is 11.9. The molecule has 0 heterocycles. The van der Waals surface area contributed by atoms with Gasteiger partial charge in [-0.2, -0.15) is 0 Å². The Bertz CT molecular complexity index is 1500. The first kappa shape index (κ1) is 66.8. The second kappa shape index (κ2) is 58.4. The average Bonchev–Trinajstić information content (AvgIpc) is 3.37. The lowest BCUT2D eigenvalue weighted by molar-refractivity contribution is -0.166. The molecule has 0 aromatic heterocycles. The van der Waals surface area contributed by atoms with E-state index in [9.17, 15) is 14.4 Å². The number of ether oxygens (including phenoxy) is 3. The molecule has 6 heteroatoms. The zero-order valence-corrected chi connectivity index (χ0v) is 45.9. The molecule has 0 spiro atoms. The predicted octanol–water partition coefficient (Wildman–Crippen LogP) is 19.6. The van der Waals surface area contributed by atoms with E-state index in [-0.39, 0.29) is 44.0 Å². The molecule has 0 aromatic rings. The number of allylic oxidation sites excluding steroid dienone is 20. The molecule has 71 heavy (non-hydrogen) atoms. The normalized spacial score (nSPS) is 13.0. The SMILES string of the molecule is CC/C=C\C/C=C\C/C=C\C/C=C\C/C=C\C/C=C\CCC(=O)OC[C@H](COC(=O)CCC/C=C\C/C=C\C/C=C\CCCCCCCC)OC(=O)CCCCCCCCC/C=C\CCCCCCCC. The van der Waals surface area contributed by atoms with Crippen LogP contribution in [-0.4, -0.2) is 37.2 Å². The van der Waals surface area contributed by atoms with E-state index in [0.717, 1.165) is 77.0 Å². The molecule has 0 saturated carbocycles. The highest BCUT2D eigenvalue weighted by molar-refractivity contribution is 5.71. The molecule has 0 rings (SSSR count). The number of carbonyl (C=O) groups is 3. The summed E-state index contributed by atoms with van der Waals surface area (Å²) >= 11 is 0. The zero-order chi connectivity index (χ0) is 51.4. The summed E-state index contributed by atoms with van der Waals surface area (Å²) in [5, 5.41) is 0. The van der Waals surface area contributed by atoms with Crippen molar-refractivity contribution in [2.45, 2.75) is 258 Å². The van der Waals surface area contributed by atoms with Gasteiger partial charge in [-0.25, -0.2) is 0 Å². The van der Waals surface area contributed by atoms with E-state index in [1.807, 2.05) is 12.2 Å². The molecule has 0 aromatic carbocycles. The molecule has 6 nitrogen and oxygen atoms in total. The highest BCUT2D eigenvalue weighted by Crippen LogP contribution is 2.13. The number of carbonyl (C=O) groups excluding carboxylic acids is 3. The van der Waals surface area contributed by atoms with Crippen molar-refractivity contribution < 1.29 is 28.6 Å². The number of unbranched alkanes of at least 4 members (excludes halogenated alkanes) is 20. The largest absolute Gasteiger partial charge is 0.462 e. The lowest BCUT2D eigenvalue weighted by Crippen LogP contribution is -2.30. The van der Waals surface area contributed by atoms with Crippen LogP contribution in [0.5, 0.6) is 0 Å². The van der Waals surface area contributed by atoms with Crippen molar-refractivity contribution in [1.82, 2.24) is 0 Å². The van der Waals surface area contributed by atoms with E-state index in [4.69, 9.17) is 14.2 Å². The van der Waals surface area contributed by atoms with Gasteiger partial charge in [0.05, 0.1) is 0 Å². The summed E-state index contributed by atoms with van der Waals surface area (Å²) < 4.78 is 16.7. The van der Waals surface area contributed by atoms with Crippen molar-refractivity contribution >= 4 is 17.9 Å². The van der Waals surface area contributed by atoms with Gasteiger partial charge in [-0.1, -0.05) is 239 Å². The number of rotatable bonds is 51. The molecular weight excluding hydrogens is 877 g/mol. The third kappa shape index (κ3) is 56.6. The van der Waals surface area contributed by atoms with Crippen molar-refractivity contribution in [1.29, 1.82) is 0 Å². The van der Waals surface area contributed by atoms with Crippen LogP contribution in [0.4, 0.5) is 0 Å². The van der Waals surface area contributed by atoms with Gasteiger partial charge in [0.2, 0.25) is 0 Å². The van der Waals surface area contributed by atoms with Gasteiger partial charge in [0, 0.05) is 19.3 Å². The molecule has 0 unspecified atom stereocenters. The van der Waals surface area contributed by atoms with E-state index in [1.54, 1.807) is 0 Å². The quantitative estimate of drug-likeness (QED) is 0.0261. The first-order valence-electron chi connectivity index (χ1n) is 29.0. The lowest BCUT2D eigenvalue weighted by Gasteiger charge is -2.18. The monoisotopic (exact) mass is 983 g/mol. The topological polar surface area (TPSA) is 78.9 Å². The summed E-state index contributed by atoms with van der Waals surface area (Å²) in [6.07, 6.45) is 80.6. The first-order chi connectivity index (χ1) is 35.0. The van der Waals surface area contributed by atoms with Crippen LogP contribution in [0.25, 0.3) is 0 Å². The molecule has 0 aliphatic carbocycles. The average molecular weight is 984 g/mol. The van der Waals surface area contributed by atoms with Gasteiger partial charge in [-0.05, 0) is 116 Å². The Labute approximate surface area is 437 Å². The minimum Gasteiger partial charge on any atom is -0.462 e. The maximum atomic E-state index is 12.9. The molecule has 0 aliphatic heterocycles. The minimum atomic E-state index is -0.835. The van der Waals surface area contributed by atoms with Crippen LogP contribution in [0.1, 0.15) is 252 Å². The Morgan fingerprint density at radius 1 is 0.296 bits per heavy atom. The van der Waals surface area contributed by atoms with Gasteiger partial charge in [-0.3, -0.25) is 14.4 Å². The van der Waals surface area contributed by atoms with Crippen molar-refractivity contribution in [2.24, 2.45) is 0 Å². The van der Waals surface area contributed by atoms with E-state index in [1.165, 1.54) is 122 Å². The fourth-order valence-electron chi connectivity index (χ4n) is 7.60. The Hall–Kier alpha value is -4.19. The molecule has 1 atom stereocenters. The van der Waals surface area contributed by atoms with Gasteiger partial charge >= 0.3 is 17.9 Å². The van der Waals surface area contributed by atoms with Gasteiger partial charge in [0.25, 0.3) is 0 Å². The van der Waals surface area contributed by atoms with Crippen LogP contribution < -0.4 is 0 Å². The maximum absolute atomic E-state index is 12.9. The molecule has 0 saturated heterocycles. The van der Waals surface area contributed by atoms with Gasteiger partial charge < -0.3 is 14.2 Å². The summed E-state index contributed by atoms with van der Waals surface area (Å²) in [5.41, 5.74) is 0. The van der Waals surface area contributed by atoms with Crippen molar-refractivity contribution in [3.63, 3.8) is 0 Å². The van der Waals surface area contributed by atoms with Crippen LogP contribution in [0.3, 0.4) is 0 Å². The van der Waals surface area contributed by atoms with E-state index in [0.29, 0.717) is 19.3 Å². The molecule has 0 N–H and O–H groups in total. The summed E-state index contributed by atoms with van der Waals surface area (Å²) in [6.45, 7) is 6.40.